The molecule has 0 saturated carbocycles. The number of alkyl carbamates (subject to hydrolysis) is 1. The van der Waals surface area contributed by atoms with Gasteiger partial charge in [0.1, 0.15) is 12.6 Å². The maximum Gasteiger partial charge on any atom is 0.408 e. The topological polar surface area (TPSA) is 137 Å². The minimum Gasteiger partial charge on any atom is -0.465 e. The third-order valence-electron chi connectivity index (χ3n) is 5.08. The lowest BCUT2D eigenvalue weighted by Crippen LogP contribution is -2.50. The molecule has 3 rings (SSSR count). The van der Waals surface area contributed by atoms with Crippen LogP contribution in [-0.4, -0.2) is 53.5 Å². The number of ether oxygens (including phenoxy) is 1. The Bertz CT molecular complexity index is 1120. The maximum atomic E-state index is 12.8. The highest BCUT2D eigenvalue weighted by atomic mass is 16.5. The number of carboxylic acid groups (broad SMARTS) is 1. The van der Waals surface area contributed by atoms with Crippen molar-refractivity contribution in [3.8, 4) is 0 Å². The summed E-state index contributed by atoms with van der Waals surface area (Å²) in [7, 11) is 0. The van der Waals surface area contributed by atoms with Crippen LogP contribution >= 0.6 is 0 Å². The largest absolute Gasteiger partial charge is 0.465 e. The van der Waals surface area contributed by atoms with Crippen LogP contribution in [0, 0.1) is 0 Å². The summed E-state index contributed by atoms with van der Waals surface area (Å²) in [5.41, 5.74) is 1.64. The van der Waals surface area contributed by atoms with Crippen molar-refractivity contribution in [1.29, 1.82) is 0 Å². The molecule has 0 aromatic heterocycles. The van der Waals surface area contributed by atoms with Gasteiger partial charge in [-0.3, -0.25) is 4.79 Å². The predicted octanol–water partition coefficient (Wildman–Crippen LogP) is 2.42. The van der Waals surface area contributed by atoms with Crippen molar-refractivity contribution >= 4 is 28.9 Å². The van der Waals surface area contributed by atoms with Crippen molar-refractivity contribution in [2.45, 2.75) is 25.2 Å². The molecule has 1 unspecified atom stereocenters. The smallest absolute Gasteiger partial charge is 0.408 e. The van der Waals surface area contributed by atoms with E-state index in [0.717, 1.165) is 21.9 Å². The fourth-order valence-corrected chi connectivity index (χ4v) is 3.34. The number of carbonyl (C=O) groups is 3. The van der Waals surface area contributed by atoms with Crippen LogP contribution in [0.2, 0.25) is 0 Å². The molecule has 3 aromatic carbocycles. The van der Waals surface area contributed by atoms with Crippen molar-refractivity contribution in [3.63, 3.8) is 0 Å². The lowest BCUT2D eigenvalue weighted by molar-refractivity contribution is -0.123. The summed E-state index contributed by atoms with van der Waals surface area (Å²) in [5.74, 6) is -0.529. The number of hydrogen-bond acceptors (Lipinski definition) is 5. The van der Waals surface area contributed by atoms with E-state index >= 15 is 0 Å². The minimum absolute atomic E-state index is 0.0521. The Morgan fingerprint density at radius 1 is 0.824 bits per heavy atom. The number of aliphatic hydroxyl groups is 1. The van der Waals surface area contributed by atoms with E-state index < -0.39 is 30.2 Å². The Morgan fingerprint density at radius 3 is 2.24 bits per heavy atom. The van der Waals surface area contributed by atoms with Gasteiger partial charge in [0.15, 0.2) is 0 Å². The fourth-order valence-electron chi connectivity index (χ4n) is 3.34. The van der Waals surface area contributed by atoms with Crippen LogP contribution in [0.25, 0.3) is 10.8 Å². The van der Waals surface area contributed by atoms with Gasteiger partial charge in [-0.1, -0.05) is 72.8 Å². The van der Waals surface area contributed by atoms with Gasteiger partial charge < -0.3 is 30.9 Å². The Hall–Kier alpha value is -4.11. The molecule has 9 heteroatoms. The van der Waals surface area contributed by atoms with E-state index in [1.807, 2.05) is 78.1 Å². The summed E-state index contributed by atoms with van der Waals surface area (Å²) < 4.78 is 5.25. The molecule has 9 nitrogen and oxygen atoms in total. The van der Waals surface area contributed by atoms with Gasteiger partial charge in [-0.2, -0.15) is 0 Å². The molecule has 3 amide bonds. The van der Waals surface area contributed by atoms with E-state index in [1.54, 1.807) is 0 Å². The van der Waals surface area contributed by atoms with Crippen LogP contribution in [0.5, 0.6) is 0 Å². The first-order valence-corrected chi connectivity index (χ1v) is 10.8. The number of amides is 3. The number of fused-ring (bicyclic) bond motifs is 1. The molecular weight excluding hydrogens is 438 g/mol. The van der Waals surface area contributed by atoms with Crippen molar-refractivity contribution in [2.75, 3.05) is 13.1 Å². The van der Waals surface area contributed by atoms with Crippen molar-refractivity contribution in [3.05, 3.63) is 83.9 Å². The van der Waals surface area contributed by atoms with E-state index in [9.17, 15) is 19.5 Å². The van der Waals surface area contributed by atoms with Crippen LogP contribution in [0.15, 0.2) is 72.8 Å². The number of hydrogen-bond donors (Lipinski definition) is 5. The Morgan fingerprint density at radius 2 is 1.50 bits per heavy atom. The first kappa shape index (κ1) is 24.5. The Labute approximate surface area is 196 Å². The molecule has 0 spiro atoms. The average Bonchev–Trinajstić information content (AvgIpc) is 2.85. The molecule has 2 atom stereocenters. The molecule has 0 aliphatic heterocycles. The highest BCUT2D eigenvalue weighted by Gasteiger charge is 2.23. The first-order chi connectivity index (χ1) is 16.4. The molecular formula is C25H27N3O6. The highest BCUT2D eigenvalue weighted by molar-refractivity contribution is 5.87. The lowest BCUT2D eigenvalue weighted by atomic mass is 10.0. The van der Waals surface area contributed by atoms with Gasteiger partial charge in [0.25, 0.3) is 0 Å². The van der Waals surface area contributed by atoms with E-state index in [-0.39, 0.29) is 26.1 Å². The summed E-state index contributed by atoms with van der Waals surface area (Å²) in [6, 6.07) is 21.7. The standard InChI is InChI=1S/C25H27N3O6/c29-21(15-27-24(31)32)14-26-23(30)22(28-25(33)34-16-17-6-2-1-3-7-17)13-18-10-11-19-8-4-5-9-20(19)12-18/h1-12,21-22,27,29H,13-16H2,(H,26,30)(H,28,33)(H,31,32)/t21?,22-/m0/s1. The number of nitrogens with one attached hydrogen (secondary N) is 3. The van der Waals surface area contributed by atoms with E-state index in [0.29, 0.717) is 0 Å². The van der Waals surface area contributed by atoms with Gasteiger partial charge >= 0.3 is 12.2 Å². The number of aliphatic hydroxyl groups excluding tert-OH is 1. The van der Waals surface area contributed by atoms with Crippen LogP contribution in [0.4, 0.5) is 9.59 Å². The molecule has 3 aromatic rings. The zero-order valence-corrected chi connectivity index (χ0v) is 18.4. The second kappa shape index (κ2) is 12.2. The van der Waals surface area contributed by atoms with Gasteiger partial charge in [-0.05, 0) is 21.9 Å². The summed E-state index contributed by atoms with van der Waals surface area (Å²) in [5, 5.41) is 27.7. The van der Waals surface area contributed by atoms with Gasteiger partial charge in [0.05, 0.1) is 6.10 Å². The number of rotatable bonds is 10. The normalized spacial score (nSPS) is 12.4. The van der Waals surface area contributed by atoms with Crippen molar-refractivity contribution < 1.29 is 29.3 Å². The molecule has 0 fully saturated rings. The second-order valence-electron chi connectivity index (χ2n) is 7.73. The lowest BCUT2D eigenvalue weighted by Gasteiger charge is -2.20. The van der Waals surface area contributed by atoms with Crippen LogP contribution in [-0.2, 0) is 22.6 Å². The second-order valence-corrected chi connectivity index (χ2v) is 7.73. The van der Waals surface area contributed by atoms with E-state index in [1.165, 1.54) is 0 Å². The molecule has 0 bridgehead atoms. The van der Waals surface area contributed by atoms with Gasteiger partial charge in [0, 0.05) is 19.5 Å². The van der Waals surface area contributed by atoms with Crippen molar-refractivity contribution in [2.24, 2.45) is 0 Å². The molecule has 0 radical (unpaired) electrons. The molecule has 0 aliphatic rings. The first-order valence-electron chi connectivity index (χ1n) is 10.8. The summed E-state index contributed by atoms with van der Waals surface area (Å²) in [6.07, 6.45) is -2.95. The predicted molar refractivity (Wildman–Crippen MR) is 126 cm³/mol. The summed E-state index contributed by atoms with van der Waals surface area (Å²) in [6.45, 7) is -0.373. The Balaban J connectivity index is 1.65. The molecule has 0 saturated heterocycles. The summed E-state index contributed by atoms with van der Waals surface area (Å²) in [4.78, 5) is 35.8. The minimum atomic E-state index is -1.28. The SMILES string of the molecule is O=C(O)NCC(O)CNC(=O)[C@H](Cc1ccc2ccccc2c1)NC(=O)OCc1ccccc1. The molecule has 34 heavy (non-hydrogen) atoms. The number of benzene rings is 3. The maximum absolute atomic E-state index is 12.8. The quantitative estimate of drug-likeness (QED) is 0.312. The third kappa shape index (κ3) is 7.79. The van der Waals surface area contributed by atoms with Crippen LogP contribution in [0.3, 0.4) is 0 Å². The van der Waals surface area contributed by atoms with Gasteiger partial charge in [0.2, 0.25) is 5.91 Å². The average molecular weight is 466 g/mol. The zero-order valence-electron chi connectivity index (χ0n) is 18.4. The molecule has 0 heterocycles. The molecule has 5 N–H and O–H groups in total. The zero-order chi connectivity index (χ0) is 24.3. The molecule has 0 aliphatic carbocycles. The summed E-state index contributed by atoms with van der Waals surface area (Å²) >= 11 is 0. The van der Waals surface area contributed by atoms with Crippen LogP contribution < -0.4 is 16.0 Å². The van der Waals surface area contributed by atoms with E-state index in [2.05, 4.69) is 10.6 Å². The third-order valence-corrected chi connectivity index (χ3v) is 5.08. The Kier molecular flexibility index (Phi) is 8.81. The van der Waals surface area contributed by atoms with Gasteiger partial charge in [-0.25, -0.2) is 9.59 Å². The highest BCUT2D eigenvalue weighted by Crippen LogP contribution is 2.17. The number of carbonyl (C=O) groups excluding carboxylic acids is 2. The van der Waals surface area contributed by atoms with Crippen LogP contribution in [0.1, 0.15) is 11.1 Å². The monoisotopic (exact) mass is 465 g/mol. The van der Waals surface area contributed by atoms with Crippen molar-refractivity contribution in [1.82, 2.24) is 16.0 Å². The molecule has 178 valence electrons. The van der Waals surface area contributed by atoms with E-state index in [4.69, 9.17) is 9.84 Å². The fraction of sp³-hybridized carbons (Fsp3) is 0.240. The van der Waals surface area contributed by atoms with Gasteiger partial charge in [-0.15, -0.1) is 0 Å².